The van der Waals surface area contributed by atoms with Crippen molar-refractivity contribution in [1.29, 1.82) is 0 Å². The maximum Gasteiger partial charge on any atom is 0.241 e. The van der Waals surface area contributed by atoms with Crippen molar-refractivity contribution in [3.63, 3.8) is 0 Å². The summed E-state index contributed by atoms with van der Waals surface area (Å²) in [6.07, 6.45) is 2.08. The number of rotatable bonds is 15. The van der Waals surface area contributed by atoms with Gasteiger partial charge in [-0.05, 0) is 30.1 Å². The lowest BCUT2D eigenvalue weighted by atomic mass is 10.1. The second-order valence-electron chi connectivity index (χ2n) is 9.24. The fourth-order valence-corrected chi connectivity index (χ4v) is 6.49. The first kappa shape index (κ1) is 28.9. The van der Waals surface area contributed by atoms with Gasteiger partial charge in [-0.15, -0.1) is 0 Å². The van der Waals surface area contributed by atoms with E-state index in [-0.39, 0.29) is 5.75 Å². The smallest absolute Gasteiger partial charge is 0.241 e. The number of anilines is 1. The summed E-state index contributed by atoms with van der Waals surface area (Å²) in [5.74, 6) is 1.49. The molecule has 2 aromatic rings. The Morgan fingerprint density at radius 1 is 0.912 bits per heavy atom. The van der Waals surface area contributed by atoms with Crippen LogP contribution in [0, 0.1) is 0 Å². The van der Waals surface area contributed by atoms with Crippen LogP contribution in [0.15, 0.2) is 41.3 Å². The number of benzene rings is 2. The Kier molecular flexibility index (Phi) is 10.7. The first-order chi connectivity index (χ1) is 15.8. The van der Waals surface area contributed by atoms with Crippen molar-refractivity contribution in [2.75, 3.05) is 70.0 Å². The minimum Gasteiger partial charge on any atom is -0.748 e. The van der Waals surface area contributed by atoms with E-state index >= 15 is 0 Å². The van der Waals surface area contributed by atoms with Crippen LogP contribution in [0.2, 0.25) is 0 Å². The molecule has 2 aromatic carbocycles. The monoisotopic (exact) mass is 531 g/mol. The molecule has 0 aliphatic heterocycles. The van der Waals surface area contributed by atoms with Gasteiger partial charge in [0.2, 0.25) is 10.0 Å². The van der Waals surface area contributed by atoms with Crippen molar-refractivity contribution in [2.24, 2.45) is 0 Å². The summed E-state index contributed by atoms with van der Waals surface area (Å²) in [5, 5.41) is 1.62. The molecule has 34 heavy (non-hydrogen) atoms. The van der Waals surface area contributed by atoms with E-state index in [1.165, 1.54) is 0 Å². The topological polar surface area (TPSA) is 107 Å². The Morgan fingerprint density at radius 3 is 2.21 bits per heavy atom. The molecule has 1 N–H and O–H groups in total. The molecule has 0 aliphatic rings. The van der Waals surface area contributed by atoms with Gasteiger partial charge in [-0.25, -0.2) is 21.6 Å². The van der Waals surface area contributed by atoms with Gasteiger partial charge in [0, 0.05) is 55.7 Å². The standard InChI is InChI=1S/C23H37N3O5S3/c1-25(2)22-12-5-11-21-20(22)10-6-13-23(21)34(30,31)24-14-7-17-32-18-8-15-26(3,4)16-9-19-33(27,28)29/h5-6,10-13,24H,7-9,14-19H2,1-4H3. The Hall–Kier alpha value is -1.37. The maximum absolute atomic E-state index is 12.9. The summed E-state index contributed by atoms with van der Waals surface area (Å²) in [6, 6.07) is 11.0. The van der Waals surface area contributed by atoms with Crippen LogP contribution in [0.3, 0.4) is 0 Å². The molecule has 192 valence electrons. The predicted molar refractivity (Wildman–Crippen MR) is 141 cm³/mol. The zero-order valence-corrected chi connectivity index (χ0v) is 22.9. The van der Waals surface area contributed by atoms with Gasteiger partial charge in [0.05, 0.1) is 42.2 Å². The Morgan fingerprint density at radius 2 is 1.53 bits per heavy atom. The molecule has 2 rings (SSSR count). The molecule has 0 aromatic heterocycles. The number of nitrogens with one attached hydrogen (secondary N) is 1. The van der Waals surface area contributed by atoms with Gasteiger partial charge < -0.3 is 13.9 Å². The first-order valence-electron chi connectivity index (χ1n) is 11.3. The summed E-state index contributed by atoms with van der Waals surface area (Å²) in [7, 11) is 0.188. The molecule has 0 saturated heterocycles. The summed E-state index contributed by atoms with van der Waals surface area (Å²) >= 11 is 1.78. The highest BCUT2D eigenvalue weighted by Gasteiger charge is 2.18. The van der Waals surface area contributed by atoms with E-state index in [2.05, 4.69) is 4.72 Å². The van der Waals surface area contributed by atoms with Crippen molar-refractivity contribution in [3.05, 3.63) is 36.4 Å². The third-order valence-corrected chi connectivity index (χ3v) is 9.06. The molecule has 0 bridgehead atoms. The lowest BCUT2D eigenvalue weighted by Crippen LogP contribution is -2.42. The van der Waals surface area contributed by atoms with Gasteiger partial charge in [-0.3, -0.25) is 0 Å². The minimum absolute atomic E-state index is 0.297. The molecule has 0 radical (unpaired) electrons. The Labute approximate surface area is 209 Å². The fourth-order valence-electron chi connectivity index (χ4n) is 3.83. The number of sulfonamides is 1. The van der Waals surface area contributed by atoms with Crippen molar-refractivity contribution < 1.29 is 25.9 Å². The lowest BCUT2D eigenvalue weighted by molar-refractivity contribution is -0.890. The van der Waals surface area contributed by atoms with Crippen LogP contribution >= 0.6 is 11.8 Å². The molecular weight excluding hydrogens is 494 g/mol. The second kappa shape index (κ2) is 12.5. The van der Waals surface area contributed by atoms with E-state index in [0.717, 1.165) is 42.0 Å². The summed E-state index contributed by atoms with van der Waals surface area (Å²) in [6.45, 7) is 1.93. The average molecular weight is 532 g/mol. The van der Waals surface area contributed by atoms with Crippen LogP contribution in [-0.2, 0) is 20.1 Å². The van der Waals surface area contributed by atoms with E-state index in [1.54, 1.807) is 23.9 Å². The van der Waals surface area contributed by atoms with Gasteiger partial charge in [0.15, 0.2) is 0 Å². The third-order valence-electron chi connectivity index (χ3n) is 5.60. The maximum atomic E-state index is 12.9. The van der Waals surface area contributed by atoms with E-state index in [0.29, 0.717) is 34.3 Å². The molecule has 0 atom stereocenters. The summed E-state index contributed by atoms with van der Waals surface area (Å²) in [5.41, 5.74) is 0.975. The van der Waals surface area contributed by atoms with Crippen molar-refractivity contribution in [3.8, 4) is 0 Å². The quantitative estimate of drug-likeness (QED) is 0.214. The van der Waals surface area contributed by atoms with E-state index in [1.807, 2.05) is 57.4 Å². The van der Waals surface area contributed by atoms with Gasteiger partial charge in [0.1, 0.15) is 0 Å². The van der Waals surface area contributed by atoms with Crippen molar-refractivity contribution >= 4 is 48.4 Å². The summed E-state index contributed by atoms with van der Waals surface area (Å²) < 4.78 is 61.5. The largest absolute Gasteiger partial charge is 0.748 e. The SMILES string of the molecule is CN(C)c1cccc2c(S(=O)(=O)NCCCSCCC[N+](C)(C)CCCS(=O)(=O)[O-])cccc12. The zero-order chi connectivity index (χ0) is 25.4. The molecule has 0 aliphatic carbocycles. The van der Waals surface area contributed by atoms with Crippen LogP contribution in [0.4, 0.5) is 5.69 Å². The van der Waals surface area contributed by atoms with Crippen LogP contribution in [0.5, 0.6) is 0 Å². The first-order valence-corrected chi connectivity index (χ1v) is 15.6. The zero-order valence-electron chi connectivity index (χ0n) is 20.5. The average Bonchev–Trinajstić information content (AvgIpc) is 2.73. The fraction of sp³-hybridized carbons (Fsp3) is 0.565. The summed E-state index contributed by atoms with van der Waals surface area (Å²) in [4.78, 5) is 2.27. The second-order valence-corrected chi connectivity index (χ2v) is 13.7. The number of quaternary nitrogens is 1. The van der Waals surface area contributed by atoms with Gasteiger partial charge in [-0.1, -0.05) is 24.3 Å². The number of thioether (sulfide) groups is 1. The number of fused-ring (bicyclic) bond motifs is 1. The van der Waals surface area contributed by atoms with Crippen LogP contribution in [-0.4, -0.2) is 91.0 Å². The third kappa shape index (κ3) is 9.35. The molecule has 0 unspecified atom stereocenters. The molecule has 0 fully saturated rings. The molecule has 11 heteroatoms. The molecule has 0 spiro atoms. The van der Waals surface area contributed by atoms with Crippen molar-refractivity contribution in [2.45, 2.75) is 24.2 Å². The van der Waals surface area contributed by atoms with E-state index in [9.17, 15) is 21.4 Å². The Bertz CT molecular complexity index is 1150. The van der Waals surface area contributed by atoms with Crippen LogP contribution in [0.1, 0.15) is 19.3 Å². The molecule has 0 heterocycles. The highest BCUT2D eigenvalue weighted by atomic mass is 32.2. The number of nitrogens with zero attached hydrogens (tertiary/aromatic N) is 2. The van der Waals surface area contributed by atoms with E-state index in [4.69, 9.17) is 0 Å². The van der Waals surface area contributed by atoms with Gasteiger partial charge >= 0.3 is 0 Å². The van der Waals surface area contributed by atoms with Crippen LogP contribution < -0.4 is 9.62 Å². The van der Waals surface area contributed by atoms with Gasteiger partial charge in [-0.2, -0.15) is 11.8 Å². The molecule has 8 nitrogen and oxygen atoms in total. The highest BCUT2D eigenvalue weighted by molar-refractivity contribution is 7.99. The molecule has 0 saturated carbocycles. The predicted octanol–water partition coefficient (Wildman–Crippen LogP) is 2.71. The molecular formula is C23H37N3O5S3. The minimum atomic E-state index is -4.14. The number of hydrogen-bond acceptors (Lipinski definition) is 7. The number of hydrogen-bond donors (Lipinski definition) is 1. The van der Waals surface area contributed by atoms with Crippen molar-refractivity contribution in [1.82, 2.24) is 4.72 Å². The van der Waals surface area contributed by atoms with E-state index < -0.39 is 20.1 Å². The highest BCUT2D eigenvalue weighted by Crippen LogP contribution is 2.30. The normalized spacial score (nSPS) is 12.9. The Balaban J connectivity index is 1.75. The molecule has 0 amide bonds. The van der Waals surface area contributed by atoms with Crippen LogP contribution in [0.25, 0.3) is 10.8 Å². The lowest BCUT2D eigenvalue weighted by Gasteiger charge is -2.30. The van der Waals surface area contributed by atoms with Gasteiger partial charge in [0.25, 0.3) is 0 Å².